The summed E-state index contributed by atoms with van der Waals surface area (Å²) in [6.45, 7) is 0. The van der Waals surface area contributed by atoms with Crippen LogP contribution in [-0.2, 0) is 0 Å². The second-order valence-corrected chi connectivity index (χ2v) is 17.9. The molecule has 4 aliphatic carbocycles. The van der Waals surface area contributed by atoms with E-state index in [9.17, 15) is 0 Å². The molecule has 0 atom stereocenters. The molecular weight excluding hydrogens is 769 g/mol. The molecule has 0 N–H and O–H groups in total. The van der Waals surface area contributed by atoms with Gasteiger partial charge in [0.25, 0.3) is 0 Å². The fourth-order valence-corrected chi connectivity index (χ4v) is 12.5. The Kier molecular flexibility index (Phi) is 7.74. The Hall–Kier alpha value is -7.80. The van der Waals surface area contributed by atoms with E-state index in [1.807, 2.05) is 0 Å². The van der Waals surface area contributed by atoms with Crippen LogP contribution in [0.15, 0.2) is 206 Å². The van der Waals surface area contributed by atoms with Crippen molar-refractivity contribution in [2.75, 3.05) is 0 Å². The Morgan fingerprint density at radius 2 is 0.484 bits per heavy atom. The lowest BCUT2D eigenvalue weighted by atomic mass is 9.79. The fourth-order valence-electron chi connectivity index (χ4n) is 12.5. The van der Waals surface area contributed by atoms with Crippen molar-refractivity contribution in [1.82, 2.24) is 0 Å². The zero-order valence-electron chi connectivity index (χ0n) is 35.5. The standard InChI is InChI=1S/C64H42/c1-5-19-39(20-6-1)55-47-27-13-15-29-49(47)57(41-23-9-3-10-24-41)63-53-37-35-43(45-31-17-33-51(59(45)53)61(55)63)44-36-38-54-60-46(44)32-18-34-52(60)62-56(40-21-7-2-8-22-40)48-28-14-16-30-50(48)58(64(54)62)42-25-11-4-12-26-42/h1-34H,35-38H2. The molecule has 0 aromatic heterocycles. The van der Waals surface area contributed by atoms with Gasteiger partial charge in [0.05, 0.1) is 0 Å². The van der Waals surface area contributed by atoms with Gasteiger partial charge in [0, 0.05) is 0 Å². The highest BCUT2D eigenvalue weighted by Gasteiger charge is 2.35. The van der Waals surface area contributed by atoms with Crippen molar-refractivity contribution in [1.29, 1.82) is 0 Å². The number of rotatable bonds is 5. The van der Waals surface area contributed by atoms with Gasteiger partial charge in [-0.05, 0) is 168 Å². The van der Waals surface area contributed by atoms with Gasteiger partial charge in [0.1, 0.15) is 0 Å². The van der Waals surface area contributed by atoms with Gasteiger partial charge < -0.3 is 0 Å². The average Bonchev–Trinajstić information content (AvgIpc) is 3.88. The normalized spacial score (nSPS) is 14.2. The average molecular weight is 811 g/mol. The molecule has 0 saturated heterocycles. The van der Waals surface area contributed by atoms with Crippen LogP contribution >= 0.6 is 0 Å². The Morgan fingerprint density at radius 3 is 0.812 bits per heavy atom. The number of hydrogen-bond donors (Lipinski definition) is 0. The quantitative estimate of drug-likeness (QED) is 0.162. The van der Waals surface area contributed by atoms with Crippen molar-refractivity contribution in [3.8, 4) is 66.8 Å². The summed E-state index contributed by atoms with van der Waals surface area (Å²) in [5.41, 5.74) is 25.0. The molecule has 0 fully saturated rings. The molecule has 0 radical (unpaired) electrons. The van der Waals surface area contributed by atoms with Crippen LogP contribution in [0.5, 0.6) is 0 Å². The SMILES string of the molecule is c1ccc(-c2c3c(c(-c4ccccc4)c4ccccc24)-c2cccc4c2=C3CCC=4C2=c3cccc4c3=C(CC2)c2c-4c(-c3ccccc3)c3ccccc3c2-c2ccccc2)cc1. The molecule has 298 valence electrons. The minimum absolute atomic E-state index is 1.01. The predicted molar refractivity (Wildman–Crippen MR) is 269 cm³/mol. The van der Waals surface area contributed by atoms with Crippen LogP contribution in [0.1, 0.15) is 36.8 Å². The molecule has 0 nitrogen and oxygen atoms in total. The zero-order chi connectivity index (χ0) is 41.9. The van der Waals surface area contributed by atoms with Gasteiger partial charge in [-0.15, -0.1) is 0 Å². The molecule has 10 aromatic rings. The highest BCUT2D eigenvalue weighted by molar-refractivity contribution is 6.20. The van der Waals surface area contributed by atoms with Gasteiger partial charge in [-0.1, -0.05) is 206 Å². The first-order valence-electron chi connectivity index (χ1n) is 22.9. The molecular formula is C64H42. The van der Waals surface area contributed by atoms with Crippen molar-refractivity contribution in [2.45, 2.75) is 25.7 Å². The molecule has 0 spiro atoms. The van der Waals surface area contributed by atoms with Crippen LogP contribution in [-0.4, -0.2) is 0 Å². The van der Waals surface area contributed by atoms with E-state index in [2.05, 4.69) is 206 Å². The summed E-state index contributed by atoms with van der Waals surface area (Å²) < 4.78 is 0. The minimum Gasteiger partial charge on any atom is -0.0622 e. The third-order valence-corrected chi connectivity index (χ3v) is 14.8. The van der Waals surface area contributed by atoms with E-state index >= 15 is 0 Å². The summed E-state index contributed by atoms with van der Waals surface area (Å²) in [5.74, 6) is 0. The number of hydrogen-bond acceptors (Lipinski definition) is 0. The van der Waals surface area contributed by atoms with E-state index in [4.69, 9.17) is 0 Å². The molecule has 0 bridgehead atoms. The lowest BCUT2D eigenvalue weighted by Gasteiger charge is -2.24. The van der Waals surface area contributed by atoms with E-state index in [1.54, 1.807) is 0 Å². The first-order chi connectivity index (χ1) is 31.8. The molecule has 0 heterocycles. The van der Waals surface area contributed by atoms with Crippen molar-refractivity contribution in [3.05, 3.63) is 238 Å². The molecule has 64 heavy (non-hydrogen) atoms. The van der Waals surface area contributed by atoms with E-state index < -0.39 is 0 Å². The molecule has 0 heteroatoms. The Morgan fingerprint density at radius 1 is 0.203 bits per heavy atom. The van der Waals surface area contributed by atoms with Crippen molar-refractivity contribution in [2.24, 2.45) is 0 Å². The second-order valence-electron chi connectivity index (χ2n) is 17.9. The van der Waals surface area contributed by atoms with Crippen LogP contribution in [0.2, 0.25) is 0 Å². The third-order valence-electron chi connectivity index (χ3n) is 14.8. The number of fused-ring (bicyclic) bond motifs is 8. The topological polar surface area (TPSA) is 0 Å². The maximum absolute atomic E-state index is 2.45. The van der Waals surface area contributed by atoms with E-state index in [0.29, 0.717) is 0 Å². The van der Waals surface area contributed by atoms with E-state index in [-0.39, 0.29) is 0 Å². The van der Waals surface area contributed by atoms with Gasteiger partial charge in [-0.2, -0.15) is 0 Å². The largest absolute Gasteiger partial charge is 0.0622 e. The first-order valence-corrected chi connectivity index (χ1v) is 22.9. The molecule has 0 amide bonds. The molecule has 4 aliphatic rings. The number of benzene rings is 10. The third kappa shape index (κ3) is 4.94. The molecule has 14 rings (SSSR count). The Balaban J connectivity index is 1.10. The maximum Gasteiger partial charge on any atom is -0.00108 e. The van der Waals surface area contributed by atoms with E-state index in [0.717, 1.165) is 25.7 Å². The van der Waals surface area contributed by atoms with Gasteiger partial charge in [0.2, 0.25) is 0 Å². The summed E-state index contributed by atoms with van der Waals surface area (Å²) in [4.78, 5) is 0. The molecule has 0 aliphatic heterocycles. The van der Waals surface area contributed by atoms with Crippen LogP contribution in [0.25, 0.3) is 111 Å². The zero-order valence-corrected chi connectivity index (χ0v) is 35.5. The maximum atomic E-state index is 2.45. The predicted octanol–water partition coefficient (Wildman–Crippen LogP) is 13.6. The van der Waals surface area contributed by atoms with Crippen LogP contribution in [0.4, 0.5) is 0 Å². The second kappa shape index (κ2) is 13.9. The van der Waals surface area contributed by atoms with Crippen LogP contribution in [0, 0.1) is 0 Å². The van der Waals surface area contributed by atoms with Crippen molar-refractivity contribution >= 4 is 43.8 Å². The monoisotopic (exact) mass is 810 g/mol. The summed E-state index contributed by atoms with van der Waals surface area (Å²) in [5, 5.41) is 11.0. The Bertz CT molecular complexity index is 3630. The van der Waals surface area contributed by atoms with Gasteiger partial charge in [-0.3, -0.25) is 0 Å². The molecule has 10 aromatic carbocycles. The smallest absolute Gasteiger partial charge is 0.00108 e. The Labute approximate surface area is 372 Å². The van der Waals surface area contributed by atoms with Crippen molar-refractivity contribution < 1.29 is 0 Å². The van der Waals surface area contributed by atoms with Crippen LogP contribution in [0.3, 0.4) is 0 Å². The summed E-state index contributed by atoms with van der Waals surface area (Å²) in [6.07, 6.45) is 4.05. The van der Waals surface area contributed by atoms with E-state index in [1.165, 1.54) is 143 Å². The van der Waals surface area contributed by atoms with Crippen LogP contribution < -0.4 is 20.9 Å². The van der Waals surface area contributed by atoms with Gasteiger partial charge >= 0.3 is 0 Å². The lowest BCUT2D eigenvalue weighted by molar-refractivity contribution is 1.01. The highest BCUT2D eigenvalue weighted by atomic mass is 14.4. The highest BCUT2D eigenvalue weighted by Crippen LogP contribution is 2.54. The summed E-state index contributed by atoms with van der Waals surface area (Å²) >= 11 is 0. The minimum atomic E-state index is 1.01. The summed E-state index contributed by atoms with van der Waals surface area (Å²) in [6, 6.07) is 77.2. The molecule has 0 saturated carbocycles. The molecule has 0 unspecified atom stereocenters. The van der Waals surface area contributed by atoms with Gasteiger partial charge in [-0.25, -0.2) is 0 Å². The van der Waals surface area contributed by atoms with Crippen molar-refractivity contribution in [3.63, 3.8) is 0 Å². The summed E-state index contributed by atoms with van der Waals surface area (Å²) in [7, 11) is 0. The van der Waals surface area contributed by atoms with Gasteiger partial charge in [0.15, 0.2) is 0 Å². The fraction of sp³-hybridized carbons (Fsp3) is 0.0625. The first kappa shape index (κ1) is 35.8. The lowest BCUT2D eigenvalue weighted by Crippen LogP contribution is -2.37.